The van der Waals surface area contributed by atoms with E-state index in [2.05, 4.69) is 71.3 Å². The molecule has 3 rings (SSSR count). The molecule has 0 unspecified atom stereocenters. The highest BCUT2D eigenvalue weighted by Crippen LogP contribution is 2.47. The zero-order valence-electron chi connectivity index (χ0n) is 15.4. The maximum absolute atomic E-state index is 4.35. The lowest BCUT2D eigenvalue weighted by atomic mass is 9.63. The average Bonchev–Trinajstić information content (AvgIpc) is 2.98. The van der Waals surface area contributed by atoms with E-state index in [9.17, 15) is 0 Å². The van der Waals surface area contributed by atoms with Gasteiger partial charge in [-0.2, -0.15) is 5.21 Å². The minimum Gasteiger partial charge on any atom is -0.299 e. The first-order chi connectivity index (χ1) is 11.2. The molecule has 1 aliphatic carbocycles. The van der Waals surface area contributed by atoms with Gasteiger partial charge in [-0.15, -0.1) is 10.2 Å². The minimum absolute atomic E-state index is 0.394. The second-order valence-corrected chi connectivity index (χ2v) is 8.80. The second kappa shape index (κ2) is 6.24. The Morgan fingerprint density at radius 3 is 2.50 bits per heavy atom. The van der Waals surface area contributed by atoms with E-state index < -0.39 is 0 Å². The van der Waals surface area contributed by atoms with Crippen molar-refractivity contribution in [2.24, 2.45) is 10.8 Å². The van der Waals surface area contributed by atoms with Gasteiger partial charge in [-0.3, -0.25) is 9.88 Å². The molecule has 0 bridgehead atoms. The predicted octanol–water partition coefficient (Wildman–Crippen LogP) is 3.30. The number of aromatic amines is 1. The van der Waals surface area contributed by atoms with E-state index in [1.807, 2.05) is 6.20 Å². The number of hydrogen-bond acceptors (Lipinski definition) is 5. The van der Waals surface area contributed by atoms with Crippen LogP contribution >= 0.6 is 0 Å². The van der Waals surface area contributed by atoms with Gasteiger partial charge in [-0.25, -0.2) is 0 Å². The van der Waals surface area contributed by atoms with Gasteiger partial charge in [-0.1, -0.05) is 27.7 Å². The van der Waals surface area contributed by atoms with Crippen LogP contribution in [0, 0.1) is 10.8 Å². The van der Waals surface area contributed by atoms with Crippen molar-refractivity contribution >= 4 is 0 Å². The van der Waals surface area contributed by atoms with Gasteiger partial charge < -0.3 is 0 Å². The number of pyridine rings is 1. The summed E-state index contributed by atoms with van der Waals surface area (Å²) in [6.07, 6.45) is 7.48. The molecule has 24 heavy (non-hydrogen) atoms. The highest BCUT2D eigenvalue weighted by Gasteiger charge is 2.39. The van der Waals surface area contributed by atoms with Crippen molar-refractivity contribution in [2.75, 3.05) is 7.05 Å². The number of hydrogen-bond donors (Lipinski definition) is 1. The molecule has 2 aromatic rings. The molecule has 6 heteroatoms. The summed E-state index contributed by atoms with van der Waals surface area (Å²) in [6.45, 7) is 10.5. The van der Waals surface area contributed by atoms with Gasteiger partial charge in [0.05, 0.1) is 0 Å². The van der Waals surface area contributed by atoms with Crippen LogP contribution in [0.25, 0.3) is 11.4 Å². The molecular weight excluding hydrogens is 300 g/mol. The van der Waals surface area contributed by atoms with Gasteiger partial charge in [0.1, 0.15) is 0 Å². The van der Waals surface area contributed by atoms with E-state index in [4.69, 9.17) is 0 Å². The average molecular weight is 328 g/mol. The van der Waals surface area contributed by atoms with Crippen molar-refractivity contribution in [1.29, 1.82) is 0 Å². The largest absolute Gasteiger partial charge is 0.299 e. The molecule has 0 atom stereocenters. The van der Waals surface area contributed by atoms with Crippen molar-refractivity contribution in [1.82, 2.24) is 30.5 Å². The van der Waals surface area contributed by atoms with Crippen molar-refractivity contribution < 1.29 is 0 Å². The Labute approximate surface area is 144 Å². The molecule has 0 amide bonds. The van der Waals surface area contributed by atoms with Crippen molar-refractivity contribution in [2.45, 2.75) is 59.5 Å². The topological polar surface area (TPSA) is 70.6 Å². The van der Waals surface area contributed by atoms with Gasteiger partial charge in [0.25, 0.3) is 0 Å². The molecule has 130 valence electrons. The molecule has 0 aromatic carbocycles. The first-order valence-corrected chi connectivity index (χ1v) is 8.62. The van der Waals surface area contributed by atoms with Crippen LogP contribution < -0.4 is 0 Å². The third kappa shape index (κ3) is 3.98. The summed E-state index contributed by atoms with van der Waals surface area (Å²) in [5.41, 5.74) is 2.87. The maximum Gasteiger partial charge on any atom is 0.206 e. The highest BCUT2D eigenvalue weighted by atomic mass is 15.5. The molecular formula is C18H28N6. The minimum atomic E-state index is 0.394. The third-order valence-electron chi connectivity index (χ3n) is 4.99. The van der Waals surface area contributed by atoms with Crippen LogP contribution in [0.4, 0.5) is 0 Å². The van der Waals surface area contributed by atoms with Crippen LogP contribution in [0.1, 0.15) is 52.5 Å². The second-order valence-electron chi connectivity index (χ2n) is 8.80. The van der Waals surface area contributed by atoms with Gasteiger partial charge in [0, 0.05) is 30.5 Å². The molecule has 0 saturated heterocycles. The third-order valence-corrected chi connectivity index (χ3v) is 4.99. The number of nitrogens with one attached hydrogen (secondary N) is 1. The van der Waals surface area contributed by atoms with E-state index in [1.54, 1.807) is 6.20 Å². The summed E-state index contributed by atoms with van der Waals surface area (Å²) >= 11 is 0. The fourth-order valence-corrected chi connectivity index (χ4v) is 4.50. The number of nitrogens with zero attached hydrogens (tertiary/aromatic N) is 5. The lowest BCUT2D eigenvalue weighted by Gasteiger charge is -2.47. The van der Waals surface area contributed by atoms with Crippen LogP contribution in [-0.2, 0) is 6.54 Å². The standard InChI is InChI=1S/C18H28N6/c1-17(2)7-15(8-18(3,4)12-17)24(5)11-13-6-14(10-19-9-13)16-20-22-23-21-16/h6,9-10,15H,7-8,11-12H2,1-5H3,(H,20,21,22,23). The Bertz CT molecular complexity index is 661. The number of aromatic nitrogens is 5. The number of rotatable bonds is 4. The molecule has 0 radical (unpaired) electrons. The van der Waals surface area contributed by atoms with Crippen molar-refractivity contribution in [3.8, 4) is 11.4 Å². The smallest absolute Gasteiger partial charge is 0.206 e. The van der Waals surface area contributed by atoms with Crippen molar-refractivity contribution in [3.05, 3.63) is 24.0 Å². The van der Waals surface area contributed by atoms with Crippen LogP contribution in [0.5, 0.6) is 0 Å². The SMILES string of the molecule is CN(Cc1cncc(-c2nn[nH]n2)c1)C1CC(C)(C)CC(C)(C)C1. The van der Waals surface area contributed by atoms with Crippen molar-refractivity contribution in [3.63, 3.8) is 0 Å². The molecule has 1 N–H and O–H groups in total. The quantitative estimate of drug-likeness (QED) is 0.932. The number of H-pyrrole nitrogens is 1. The normalized spacial score (nSPS) is 20.4. The predicted molar refractivity (Wildman–Crippen MR) is 94.1 cm³/mol. The first-order valence-electron chi connectivity index (χ1n) is 8.62. The summed E-state index contributed by atoms with van der Waals surface area (Å²) in [4.78, 5) is 6.82. The molecule has 0 aliphatic heterocycles. The van der Waals surface area contributed by atoms with Crippen LogP contribution in [0.15, 0.2) is 18.5 Å². The Morgan fingerprint density at radius 2 is 1.88 bits per heavy atom. The number of tetrazole rings is 1. The molecule has 1 aliphatic rings. The molecule has 1 fully saturated rings. The molecule has 6 nitrogen and oxygen atoms in total. The molecule has 0 spiro atoms. The molecule has 2 aromatic heterocycles. The Hall–Kier alpha value is -1.82. The highest BCUT2D eigenvalue weighted by molar-refractivity contribution is 5.52. The summed E-state index contributed by atoms with van der Waals surface area (Å²) in [6, 6.07) is 2.70. The van der Waals surface area contributed by atoms with Gasteiger partial charge in [0.15, 0.2) is 0 Å². The van der Waals surface area contributed by atoms with Crippen LogP contribution in [0.2, 0.25) is 0 Å². The van der Waals surface area contributed by atoms with E-state index in [1.165, 1.54) is 24.8 Å². The lowest BCUT2D eigenvalue weighted by molar-refractivity contribution is 0.0324. The molecule has 2 heterocycles. The maximum atomic E-state index is 4.35. The zero-order chi connectivity index (χ0) is 17.4. The first kappa shape index (κ1) is 17.0. The Kier molecular flexibility index (Phi) is 4.42. The fraction of sp³-hybridized carbons (Fsp3) is 0.667. The molecule has 1 saturated carbocycles. The van der Waals surface area contributed by atoms with Gasteiger partial charge >= 0.3 is 0 Å². The van der Waals surface area contributed by atoms with Gasteiger partial charge in [-0.05, 0) is 54.0 Å². The van der Waals surface area contributed by atoms with E-state index in [0.717, 1.165) is 12.1 Å². The van der Waals surface area contributed by atoms with Gasteiger partial charge in [0.2, 0.25) is 5.82 Å². The van der Waals surface area contributed by atoms with E-state index >= 15 is 0 Å². The summed E-state index contributed by atoms with van der Waals surface area (Å²) in [7, 11) is 2.23. The summed E-state index contributed by atoms with van der Waals surface area (Å²) in [5, 5.41) is 14.2. The van der Waals surface area contributed by atoms with Crippen LogP contribution in [0.3, 0.4) is 0 Å². The fourth-order valence-electron chi connectivity index (χ4n) is 4.50. The summed E-state index contributed by atoms with van der Waals surface area (Å²) < 4.78 is 0. The van der Waals surface area contributed by atoms with E-state index in [0.29, 0.717) is 22.7 Å². The monoisotopic (exact) mass is 328 g/mol. The van der Waals surface area contributed by atoms with Crippen LogP contribution in [-0.4, -0.2) is 43.6 Å². The summed E-state index contributed by atoms with van der Waals surface area (Å²) in [5.74, 6) is 0.590. The van der Waals surface area contributed by atoms with E-state index in [-0.39, 0.29) is 0 Å². The Balaban J connectivity index is 1.73. The lowest BCUT2D eigenvalue weighted by Crippen LogP contribution is -2.44. The zero-order valence-corrected chi connectivity index (χ0v) is 15.4. The Morgan fingerprint density at radius 1 is 1.17 bits per heavy atom.